The van der Waals surface area contributed by atoms with Crippen molar-refractivity contribution in [3.8, 4) is 5.75 Å². The molecule has 0 fully saturated rings. The first kappa shape index (κ1) is 11.5. The highest BCUT2D eigenvalue weighted by Crippen LogP contribution is 2.07. The van der Waals surface area contributed by atoms with Crippen molar-refractivity contribution in [3.05, 3.63) is 30.3 Å². The number of benzene rings is 1. The van der Waals surface area contributed by atoms with Gasteiger partial charge in [0.1, 0.15) is 5.75 Å². The molecule has 1 aromatic carbocycles. The van der Waals surface area contributed by atoms with Gasteiger partial charge in [0.15, 0.2) is 0 Å². The fraction of sp³-hybridized carbons (Fsp3) is 0.200. The van der Waals surface area contributed by atoms with Crippen LogP contribution in [0.15, 0.2) is 30.3 Å². The van der Waals surface area contributed by atoms with Crippen molar-refractivity contribution in [1.82, 2.24) is 5.32 Å². The van der Waals surface area contributed by atoms with Gasteiger partial charge >= 0.3 is 6.09 Å². The van der Waals surface area contributed by atoms with Gasteiger partial charge in [-0.3, -0.25) is 0 Å². The molecule has 80 valence electrons. The molecule has 0 aliphatic rings. The predicted octanol–water partition coefficient (Wildman–Crippen LogP) is 1.45. The highest BCUT2D eigenvalue weighted by Gasteiger charge is 2.02. The van der Waals surface area contributed by atoms with Crippen LogP contribution in [0, 0.1) is 0 Å². The van der Waals surface area contributed by atoms with Crippen LogP contribution in [0.3, 0.4) is 0 Å². The molecule has 4 nitrogen and oxygen atoms in total. The molecule has 1 rings (SSSR count). The summed E-state index contributed by atoms with van der Waals surface area (Å²) in [6.07, 6.45) is -0.0309. The summed E-state index contributed by atoms with van der Waals surface area (Å²) < 4.78 is 4.96. The molecule has 15 heavy (non-hydrogen) atoms. The number of para-hydroxylation sites is 1. The van der Waals surface area contributed by atoms with E-state index in [9.17, 15) is 4.79 Å². The average molecular weight is 224 g/mol. The van der Waals surface area contributed by atoms with Crippen molar-refractivity contribution in [2.45, 2.75) is 6.42 Å². The van der Waals surface area contributed by atoms with Crippen LogP contribution in [-0.4, -0.2) is 17.6 Å². The molecular formula is C10H12N2O2S. The Morgan fingerprint density at radius 1 is 1.40 bits per heavy atom. The third-order valence-electron chi connectivity index (χ3n) is 1.59. The number of thiocarbonyl (C=S) groups is 1. The Morgan fingerprint density at radius 2 is 2.07 bits per heavy atom. The second kappa shape index (κ2) is 5.98. The van der Waals surface area contributed by atoms with E-state index in [4.69, 9.17) is 10.5 Å². The van der Waals surface area contributed by atoms with Crippen LogP contribution < -0.4 is 15.8 Å². The summed E-state index contributed by atoms with van der Waals surface area (Å²) in [5.41, 5.74) is 5.27. The van der Waals surface area contributed by atoms with Crippen LogP contribution in [0.1, 0.15) is 6.42 Å². The van der Waals surface area contributed by atoms with E-state index in [2.05, 4.69) is 17.5 Å². The summed E-state index contributed by atoms with van der Waals surface area (Å²) >= 11 is 4.66. The van der Waals surface area contributed by atoms with Gasteiger partial charge in [0, 0.05) is 13.0 Å². The van der Waals surface area contributed by atoms with E-state index in [0.29, 0.717) is 23.7 Å². The number of hydrogen-bond donors (Lipinski definition) is 2. The Labute approximate surface area is 93.4 Å². The monoisotopic (exact) mass is 224 g/mol. The van der Waals surface area contributed by atoms with Gasteiger partial charge < -0.3 is 15.8 Å². The summed E-state index contributed by atoms with van der Waals surface area (Å²) in [5.74, 6) is 0.505. The van der Waals surface area contributed by atoms with Gasteiger partial charge in [-0.15, -0.1) is 0 Å². The molecule has 0 saturated heterocycles. The zero-order valence-electron chi connectivity index (χ0n) is 8.10. The van der Waals surface area contributed by atoms with Crippen LogP contribution in [0.25, 0.3) is 0 Å². The third kappa shape index (κ3) is 4.97. The van der Waals surface area contributed by atoms with E-state index < -0.39 is 6.09 Å². The normalized spacial score (nSPS) is 9.33. The molecule has 0 unspecified atom stereocenters. The van der Waals surface area contributed by atoms with E-state index in [1.54, 1.807) is 24.3 Å². The Bertz CT molecular complexity index is 341. The van der Waals surface area contributed by atoms with Gasteiger partial charge in [-0.2, -0.15) is 0 Å². The zero-order chi connectivity index (χ0) is 11.1. The number of carbonyl (C=O) groups excluding carboxylic acids is 1. The number of carbonyl (C=O) groups is 1. The Kier molecular flexibility index (Phi) is 4.56. The zero-order valence-corrected chi connectivity index (χ0v) is 8.92. The van der Waals surface area contributed by atoms with Gasteiger partial charge in [-0.05, 0) is 12.1 Å². The van der Waals surface area contributed by atoms with Crippen molar-refractivity contribution < 1.29 is 9.53 Å². The van der Waals surface area contributed by atoms with Crippen LogP contribution >= 0.6 is 12.2 Å². The Balaban J connectivity index is 2.28. The summed E-state index contributed by atoms with van der Waals surface area (Å²) in [7, 11) is 0. The molecule has 0 bridgehead atoms. The lowest BCUT2D eigenvalue weighted by atomic mass is 10.3. The van der Waals surface area contributed by atoms with Crippen LogP contribution in [0.2, 0.25) is 0 Å². The molecule has 0 aliphatic carbocycles. The lowest BCUT2D eigenvalue weighted by Gasteiger charge is -2.05. The number of nitrogens with one attached hydrogen (secondary N) is 1. The molecule has 0 spiro atoms. The summed E-state index contributed by atoms with van der Waals surface area (Å²) in [6.45, 7) is 0.390. The largest absolute Gasteiger partial charge is 0.412 e. The maximum Gasteiger partial charge on any atom is 0.412 e. The topological polar surface area (TPSA) is 64.3 Å². The average Bonchev–Trinajstić information content (AvgIpc) is 2.18. The molecule has 5 heteroatoms. The SMILES string of the molecule is NC(=S)CCNC(=O)Oc1ccccc1. The maximum absolute atomic E-state index is 11.2. The fourth-order valence-corrected chi connectivity index (χ4v) is 1.02. The van der Waals surface area contributed by atoms with Crippen molar-refractivity contribution in [2.75, 3.05) is 6.54 Å². The summed E-state index contributed by atoms with van der Waals surface area (Å²) in [4.78, 5) is 11.5. The van der Waals surface area contributed by atoms with Gasteiger partial charge in [-0.1, -0.05) is 30.4 Å². The van der Waals surface area contributed by atoms with Crippen molar-refractivity contribution in [2.24, 2.45) is 5.73 Å². The molecule has 0 saturated carbocycles. The number of ether oxygens (including phenoxy) is 1. The quantitative estimate of drug-likeness (QED) is 0.760. The molecule has 0 heterocycles. The minimum atomic E-state index is -0.502. The smallest absolute Gasteiger partial charge is 0.410 e. The number of hydrogen-bond acceptors (Lipinski definition) is 3. The second-order valence-corrected chi connectivity index (χ2v) is 3.37. The standard InChI is InChI=1S/C10H12N2O2S/c11-9(15)6-7-12-10(13)14-8-4-2-1-3-5-8/h1-5H,6-7H2,(H2,11,15)(H,12,13). The lowest BCUT2D eigenvalue weighted by molar-refractivity contribution is 0.201. The number of rotatable bonds is 4. The first-order chi connectivity index (χ1) is 7.18. The summed E-state index contributed by atoms with van der Waals surface area (Å²) in [5, 5.41) is 2.53. The highest BCUT2D eigenvalue weighted by atomic mass is 32.1. The molecule has 3 N–H and O–H groups in total. The molecule has 0 aromatic heterocycles. The molecular weight excluding hydrogens is 212 g/mol. The van der Waals surface area contributed by atoms with Crippen molar-refractivity contribution >= 4 is 23.3 Å². The van der Waals surface area contributed by atoms with Crippen molar-refractivity contribution in [1.29, 1.82) is 0 Å². The first-order valence-electron chi connectivity index (χ1n) is 4.47. The van der Waals surface area contributed by atoms with Gasteiger partial charge in [0.25, 0.3) is 0 Å². The van der Waals surface area contributed by atoms with E-state index in [-0.39, 0.29) is 0 Å². The van der Waals surface area contributed by atoms with E-state index in [1.807, 2.05) is 6.07 Å². The minimum Gasteiger partial charge on any atom is -0.410 e. The van der Waals surface area contributed by atoms with E-state index in [1.165, 1.54) is 0 Å². The molecule has 0 aliphatic heterocycles. The first-order valence-corrected chi connectivity index (χ1v) is 4.88. The Hall–Kier alpha value is -1.62. The third-order valence-corrected chi connectivity index (χ3v) is 1.80. The lowest BCUT2D eigenvalue weighted by Crippen LogP contribution is -2.29. The van der Waals surface area contributed by atoms with E-state index in [0.717, 1.165) is 0 Å². The van der Waals surface area contributed by atoms with Crippen LogP contribution in [-0.2, 0) is 0 Å². The second-order valence-electron chi connectivity index (χ2n) is 2.85. The Morgan fingerprint density at radius 3 is 2.67 bits per heavy atom. The fourth-order valence-electron chi connectivity index (χ4n) is 0.919. The maximum atomic E-state index is 11.2. The van der Waals surface area contributed by atoms with E-state index >= 15 is 0 Å². The van der Waals surface area contributed by atoms with Crippen molar-refractivity contribution in [3.63, 3.8) is 0 Å². The summed E-state index contributed by atoms with van der Waals surface area (Å²) in [6, 6.07) is 8.83. The predicted molar refractivity (Wildman–Crippen MR) is 61.9 cm³/mol. The van der Waals surface area contributed by atoms with Gasteiger partial charge in [-0.25, -0.2) is 4.79 Å². The molecule has 1 amide bonds. The number of amides is 1. The van der Waals surface area contributed by atoms with Gasteiger partial charge in [0.05, 0.1) is 4.99 Å². The van der Waals surface area contributed by atoms with Crippen LogP contribution in [0.4, 0.5) is 4.79 Å². The molecule has 1 aromatic rings. The minimum absolute atomic E-state index is 0.370. The van der Waals surface area contributed by atoms with Gasteiger partial charge in [0.2, 0.25) is 0 Å². The molecule has 0 radical (unpaired) electrons. The highest BCUT2D eigenvalue weighted by molar-refractivity contribution is 7.80. The number of nitrogens with two attached hydrogens (primary N) is 1. The molecule has 0 atom stereocenters. The van der Waals surface area contributed by atoms with Crippen LogP contribution in [0.5, 0.6) is 5.75 Å².